The number of hydrogen-bond donors (Lipinski definition) is 2. The molecule has 0 saturated carbocycles. The molecule has 0 aliphatic carbocycles. The van der Waals surface area contributed by atoms with Crippen molar-refractivity contribution >= 4 is 11.4 Å². The van der Waals surface area contributed by atoms with E-state index in [9.17, 15) is 0 Å². The van der Waals surface area contributed by atoms with Gasteiger partial charge in [-0.2, -0.15) is 0 Å². The highest BCUT2D eigenvalue weighted by atomic mass is 15.4. The second-order valence-corrected chi connectivity index (χ2v) is 6.15. The fraction of sp³-hybridized carbons (Fsp3) is 0. The minimum atomic E-state index is 1.02. The van der Waals surface area contributed by atoms with Crippen molar-refractivity contribution in [1.82, 2.24) is 0 Å². The number of rotatable bonds is 5. The van der Waals surface area contributed by atoms with Crippen LogP contribution in [0, 0.1) is 0 Å². The number of para-hydroxylation sites is 1. The summed E-state index contributed by atoms with van der Waals surface area (Å²) in [4.78, 5) is 0. The molecule has 0 amide bonds. The molecular formula is C24H20N2. The summed E-state index contributed by atoms with van der Waals surface area (Å²) in [6.07, 6.45) is 0. The molecule has 2 nitrogen and oxygen atoms in total. The Labute approximate surface area is 154 Å². The Hall–Kier alpha value is -3.52. The number of nitrogens with one attached hydrogen (secondary N) is 2. The zero-order valence-electron chi connectivity index (χ0n) is 14.4. The van der Waals surface area contributed by atoms with E-state index >= 15 is 0 Å². The largest absolute Gasteiger partial charge is 0.301 e. The Morgan fingerprint density at radius 3 is 1.27 bits per heavy atom. The molecule has 4 aromatic carbocycles. The van der Waals surface area contributed by atoms with E-state index in [1.165, 1.54) is 22.3 Å². The predicted octanol–water partition coefficient (Wildman–Crippen LogP) is 6.46. The SMILES string of the molecule is c1ccc(NNc2cc(-c3ccccc3)cc(-c3ccccc3)c2)cc1. The van der Waals surface area contributed by atoms with Crippen molar-refractivity contribution in [3.05, 3.63) is 109 Å². The van der Waals surface area contributed by atoms with Gasteiger partial charge in [-0.15, -0.1) is 0 Å². The van der Waals surface area contributed by atoms with Crippen molar-refractivity contribution < 1.29 is 0 Å². The Morgan fingerprint density at radius 1 is 0.346 bits per heavy atom. The van der Waals surface area contributed by atoms with Crippen LogP contribution in [0.2, 0.25) is 0 Å². The van der Waals surface area contributed by atoms with Crippen LogP contribution in [0.5, 0.6) is 0 Å². The lowest BCUT2D eigenvalue weighted by atomic mass is 9.98. The number of hydrazine groups is 1. The molecule has 2 heteroatoms. The Balaban J connectivity index is 1.70. The van der Waals surface area contributed by atoms with E-state index < -0.39 is 0 Å². The molecule has 0 atom stereocenters. The summed E-state index contributed by atoms with van der Waals surface area (Å²) in [6, 6.07) is 37.6. The van der Waals surface area contributed by atoms with E-state index in [2.05, 4.69) is 77.6 Å². The molecule has 0 aliphatic rings. The maximum atomic E-state index is 3.33. The maximum Gasteiger partial charge on any atom is 0.0552 e. The molecule has 2 N–H and O–H groups in total. The van der Waals surface area contributed by atoms with Crippen LogP contribution in [0.25, 0.3) is 22.3 Å². The van der Waals surface area contributed by atoms with E-state index in [-0.39, 0.29) is 0 Å². The van der Waals surface area contributed by atoms with Crippen LogP contribution in [0.1, 0.15) is 0 Å². The monoisotopic (exact) mass is 336 g/mol. The van der Waals surface area contributed by atoms with Crippen molar-refractivity contribution in [2.24, 2.45) is 0 Å². The molecule has 0 aliphatic heterocycles. The summed E-state index contributed by atoms with van der Waals surface area (Å²) in [5, 5.41) is 0. The molecule has 0 spiro atoms. The second kappa shape index (κ2) is 7.58. The zero-order chi connectivity index (χ0) is 17.6. The molecular weight excluding hydrogens is 316 g/mol. The van der Waals surface area contributed by atoms with Crippen LogP contribution in [0.15, 0.2) is 109 Å². The molecule has 0 radical (unpaired) electrons. The average molecular weight is 336 g/mol. The summed E-state index contributed by atoms with van der Waals surface area (Å²) >= 11 is 0. The van der Waals surface area contributed by atoms with E-state index in [0.29, 0.717) is 0 Å². The fourth-order valence-electron chi connectivity index (χ4n) is 2.96. The van der Waals surface area contributed by atoms with Gasteiger partial charge in [0.25, 0.3) is 0 Å². The Morgan fingerprint density at radius 2 is 0.769 bits per heavy atom. The highest BCUT2D eigenvalue weighted by molar-refractivity contribution is 5.78. The van der Waals surface area contributed by atoms with Gasteiger partial charge in [0.15, 0.2) is 0 Å². The molecule has 4 aromatic rings. The van der Waals surface area contributed by atoms with Gasteiger partial charge in [-0.05, 0) is 52.6 Å². The molecule has 0 unspecified atom stereocenters. The third kappa shape index (κ3) is 3.76. The van der Waals surface area contributed by atoms with Crippen LogP contribution >= 0.6 is 0 Å². The highest BCUT2D eigenvalue weighted by Crippen LogP contribution is 2.30. The predicted molar refractivity (Wildman–Crippen MR) is 111 cm³/mol. The number of hydrogen-bond acceptors (Lipinski definition) is 2. The molecule has 0 saturated heterocycles. The normalized spacial score (nSPS) is 10.3. The number of anilines is 2. The molecule has 0 bridgehead atoms. The van der Waals surface area contributed by atoms with Gasteiger partial charge in [0.05, 0.1) is 11.4 Å². The third-order valence-electron chi connectivity index (χ3n) is 4.27. The standard InChI is InChI=1S/C24H20N2/c1-4-10-19(11-5-1)21-16-22(20-12-6-2-7-13-20)18-24(17-21)26-25-23-14-8-3-9-15-23/h1-18,25-26H. The van der Waals surface area contributed by atoms with Crippen LogP contribution < -0.4 is 10.9 Å². The third-order valence-corrected chi connectivity index (χ3v) is 4.27. The fourth-order valence-corrected chi connectivity index (χ4v) is 2.96. The lowest BCUT2D eigenvalue weighted by molar-refractivity contribution is 1.41. The van der Waals surface area contributed by atoms with Crippen molar-refractivity contribution in [1.29, 1.82) is 0 Å². The highest BCUT2D eigenvalue weighted by Gasteiger charge is 2.05. The quantitative estimate of drug-likeness (QED) is 0.409. The molecule has 126 valence electrons. The molecule has 26 heavy (non-hydrogen) atoms. The first-order valence-electron chi connectivity index (χ1n) is 8.71. The minimum absolute atomic E-state index is 1.02. The van der Waals surface area contributed by atoms with Gasteiger partial charge in [0.2, 0.25) is 0 Å². The summed E-state index contributed by atoms with van der Waals surface area (Å²) < 4.78 is 0. The topological polar surface area (TPSA) is 24.1 Å². The molecule has 0 heterocycles. The lowest BCUT2D eigenvalue weighted by Gasteiger charge is -2.14. The molecule has 4 rings (SSSR count). The minimum Gasteiger partial charge on any atom is -0.301 e. The van der Waals surface area contributed by atoms with Gasteiger partial charge in [-0.3, -0.25) is 0 Å². The van der Waals surface area contributed by atoms with Crippen LogP contribution in [-0.2, 0) is 0 Å². The summed E-state index contributed by atoms with van der Waals surface area (Å²) in [5.41, 5.74) is 13.4. The average Bonchev–Trinajstić information content (AvgIpc) is 2.74. The van der Waals surface area contributed by atoms with E-state index in [1.807, 2.05) is 42.5 Å². The summed E-state index contributed by atoms with van der Waals surface area (Å²) in [5.74, 6) is 0. The van der Waals surface area contributed by atoms with Gasteiger partial charge < -0.3 is 10.9 Å². The van der Waals surface area contributed by atoms with Gasteiger partial charge in [0.1, 0.15) is 0 Å². The van der Waals surface area contributed by atoms with Gasteiger partial charge >= 0.3 is 0 Å². The lowest BCUT2D eigenvalue weighted by Crippen LogP contribution is -2.08. The van der Waals surface area contributed by atoms with Crippen molar-refractivity contribution in [3.8, 4) is 22.3 Å². The first-order chi connectivity index (χ1) is 12.9. The second-order valence-electron chi connectivity index (χ2n) is 6.15. The van der Waals surface area contributed by atoms with Crippen molar-refractivity contribution in [3.63, 3.8) is 0 Å². The van der Waals surface area contributed by atoms with Crippen LogP contribution in [-0.4, -0.2) is 0 Å². The maximum absolute atomic E-state index is 3.33. The van der Waals surface area contributed by atoms with Crippen LogP contribution in [0.4, 0.5) is 11.4 Å². The molecule has 0 fully saturated rings. The van der Waals surface area contributed by atoms with Crippen molar-refractivity contribution in [2.45, 2.75) is 0 Å². The number of benzene rings is 4. The zero-order valence-corrected chi connectivity index (χ0v) is 14.4. The first-order valence-corrected chi connectivity index (χ1v) is 8.71. The van der Waals surface area contributed by atoms with E-state index in [1.54, 1.807) is 0 Å². The smallest absolute Gasteiger partial charge is 0.0552 e. The molecule has 0 aromatic heterocycles. The van der Waals surface area contributed by atoms with Crippen molar-refractivity contribution in [2.75, 3.05) is 10.9 Å². The van der Waals surface area contributed by atoms with E-state index in [0.717, 1.165) is 11.4 Å². The first kappa shape index (κ1) is 16.0. The van der Waals surface area contributed by atoms with Gasteiger partial charge in [-0.1, -0.05) is 78.9 Å². The Bertz CT molecular complexity index is 907. The van der Waals surface area contributed by atoms with E-state index in [4.69, 9.17) is 0 Å². The van der Waals surface area contributed by atoms with Crippen LogP contribution in [0.3, 0.4) is 0 Å². The summed E-state index contributed by atoms with van der Waals surface area (Å²) in [7, 11) is 0. The summed E-state index contributed by atoms with van der Waals surface area (Å²) in [6.45, 7) is 0. The van der Waals surface area contributed by atoms with Gasteiger partial charge in [0, 0.05) is 0 Å². The van der Waals surface area contributed by atoms with Gasteiger partial charge in [-0.25, -0.2) is 0 Å². The Kier molecular flexibility index (Phi) is 4.66.